The molecule has 0 saturated heterocycles. The number of carbonyl (C=O) groups is 1. The largest absolute Gasteiger partial charge is 0.425 e. The first kappa shape index (κ1) is 13.0. The molecule has 0 spiro atoms. The summed E-state index contributed by atoms with van der Waals surface area (Å²) in [5, 5.41) is 14.3. The van der Waals surface area contributed by atoms with Crippen LogP contribution in [0.25, 0.3) is 0 Å². The fourth-order valence-corrected chi connectivity index (χ4v) is 1.63. The second-order valence-corrected chi connectivity index (χ2v) is 3.96. The van der Waals surface area contributed by atoms with Gasteiger partial charge in [-0.3, -0.25) is 14.8 Å². The van der Waals surface area contributed by atoms with E-state index < -0.39 is 10.9 Å². The number of carbonyl (C=O) groups excluding carboxylic acids is 1. The minimum absolute atomic E-state index is 0.0540. The van der Waals surface area contributed by atoms with Crippen molar-refractivity contribution in [3.05, 3.63) is 51.8 Å². The standard InChI is InChI=1S/C11H8ClN3O4/c12-9-6-8(2-3-10(9)15(17)18)19-11(16)7-14-5-1-4-13-14/h1-6H,7H2. The Bertz CT molecular complexity index is 612. The summed E-state index contributed by atoms with van der Waals surface area (Å²) >= 11 is 5.70. The third kappa shape index (κ3) is 3.29. The van der Waals surface area contributed by atoms with Gasteiger partial charge in [-0.05, 0) is 12.1 Å². The van der Waals surface area contributed by atoms with Gasteiger partial charge in [0.2, 0.25) is 0 Å². The normalized spacial score (nSPS) is 10.2. The Labute approximate surface area is 112 Å². The summed E-state index contributed by atoms with van der Waals surface area (Å²) < 4.78 is 6.39. The molecule has 1 aromatic heterocycles. The lowest BCUT2D eigenvalue weighted by molar-refractivity contribution is -0.384. The smallest absolute Gasteiger partial charge is 0.333 e. The van der Waals surface area contributed by atoms with Crippen molar-refractivity contribution in [3.8, 4) is 5.75 Å². The molecule has 2 rings (SSSR count). The Morgan fingerprint density at radius 2 is 2.32 bits per heavy atom. The lowest BCUT2D eigenvalue weighted by atomic mass is 10.3. The van der Waals surface area contributed by atoms with Crippen LogP contribution in [0.5, 0.6) is 5.75 Å². The van der Waals surface area contributed by atoms with E-state index in [1.165, 1.54) is 29.1 Å². The summed E-state index contributed by atoms with van der Waals surface area (Å²) in [4.78, 5) is 21.5. The van der Waals surface area contributed by atoms with Crippen molar-refractivity contribution in [1.82, 2.24) is 9.78 Å². The Morgan fingerprint density at radius 3 is 2.89 bits per heavy atom. The number of benzene rings is 1. The van der Waals surface area contributed by atoms with E-state index >= 15 is 0 Å². The van der Waals surface area contributed by atoms with E-state index in [4.69, 9.17) is 16.3 Å². The maximum absolute atomic E-state index is 11.5. The molecule has 19 heavy (non-hydrogen) atoms. The zero-order valence-corrected chi connectivity index (χ0v) is 10.3. The highest BCUT2D eigenvalue weighted by Gasteiger charge is 2.14. The van der Waals surface area contributed by atoms with Gasteiger partial charge in [-0.25, -0.2) is 4.79 Å². The monoisotopic (exact) mass is 281 g/mol. The van der Waals surface area contributed by atoms with Crippen molar-refractivity contribution in [2.75, 3.05) is 0 Å². The zero-order valence-electron chi connectivity index (χ0n) is 9.52. The third-order valence-corrected chi connectivity index (χ3v) is 2.50. The van der Waals surface area contributed by atoms with Crippen LogP contribution < -0.4 is 4.74 Å². The van der Waals surface area contributed by atoms with Crippen LogP contribution in [0.3, 0.4) is 0 Å². The highest BCUT2D eigenvalue weighted by atomic mass is 35.5. The van der Waals surface area contributed by atoms with Gasteiger partial charge in [0.25, 0.3) is 5.69 Å². The van der Waals surface area contributed by atoms with Crippen LogP contribution in [0.4, 0.5) is 5.69 Å². The van der Waals surface area contributed by atoms with E-state index in [-0.39, 0.29) is 23.0 Å². The Hall–Kier alpha value is -2.41. The molecule has 0 saturated carbocycles. The molecule has 0 amide bonds. The molecule has 98 valence electrons. The average molecular weight is 282 g/mol. The second kappa shape index (κ2) is 5.49. The first-order valence-electron chi connectivity index (χ1n) is 5.18. The van der Waals surface area contributed by atoms with Gasteiger partial charge in [0.15, 0.2) is 0 Å². The Kier molecular flexibility index (Phi) is 3.76. The van der Waals surface area contributed by atoms with Crippen LogP contribution in [0.2, 0.25) is 5.02 Å². The number of esters is 1. The summed E-state index contributed by atoms with van der Waals surface area (Å²) in [5.41, 5.74) is -0.242. The fraction of sp³-hybridized carbons (Fsp3) is 0.0909. The number of nitrogens with zero attached hydrogens (tertiary/aromatic N) is 3. The summed E-state index contributed by atoms with van der Waals surface area (Å²) in [7, 11) is 0. The van der Waals surface area contributed by atoms with E-state index in [2.05, 4.69) is 5.10 Å². The molecule has 0 N–H and O–H groups in total. The number of halogens is 1. The van der Waals surface area contributed by atoms with Crippen LogP contribution in [-0.2, 0) is 11.3 Å². The van der Waals surface area contributed by atoms with Gasteiger partial charge < -0.3 is 4.74 Å². The van der Waals surface area contributed by atoms with Gasteiger partial charge in [-0.1, -0.05) is 11.6 Å². The summed E-state index contributed by atoms with van der Waals surface area (Å²) in [6.45, 7) is -0.0540. The SMILES string of the molecule is O=C(Cn1cccn1)Oc1ccc([N+](=O)[O-])c(Cl)c1. The average Bonchev–Trinajstić information content (AvgIpc) is 2.81. The second-order valence-electron chi connectivity index (χ2n) is 3.55. The van der Waals surface area contributed by atoms with E-state index in [0.29, 0.717) is 0 Å². The minimum atomic E-state index is -0.613. The van der Waals surface area contributed by atoms with Crippen molar-refractivity contribution in [2.45, 2.75) is 6.54 Å². The molecular formula is C11H8ClN3O4. The van der Waals surface area contributed by atoms with Gasteiger partial charge >= 0.3 is 5.97 Å². The number of nitro benzene ring substituents is 1. The van der Waals surface area contributed by atoms with Crippen molar-refractivity contribution < 1.29 is 14.5 Å². The van der Waals surface area contributed by atoms with Crippen LogP contribution >= 0.6 is 11.6 Å². The quantitative estimate of drug-likeness (QED) is 0.370. The zero-order chi connectivity index (χ0) is 13.8. The molecule has 8 heteroatoms. The first-order valence-corrected chi connectivity index (χ1v) is 5.56. The number of rotatable bonds is 4. The van der Waals surface area contributed by atoms with E-state index in [1.807, 2.05) is 0 Å². The van der Waals surface area contributed by atoms with Crippen LogP contribution in [0.1, 0.15) is 0 Å². The molecular weight excluding hydrogens is 274 g/mol. The van der Waals surface area contributed by atoms with Gasteiger partial charge in [0.1, 0.15) is 17.3 Å². The van der Waals surface area contributed by atoms with E-state index in [1.54, 1.807) is 12.3 Å². The van der Waals surface area contributed by atoms with Gasteiger partial charge in [0.05, 0.1) is 4.92 Å². The highest BCUT2D eigenvalue weighted by molar-refractivity contribution is 6.32. The minimum Gasteiger partial charge on any atom is -0.425 e. The molecule has 0 radical (unpaired) electrons. The van der Waals surface area contributed by atoms with Gasteiger partial charge in [-0.15, -0.1) is 0 Å². The molecule has 0 unspecified atom stereocenters. The van der Waals surface area contributed by atoms with E-state index in [9.17, 15) is 14.9 Å². The van der Waals surface area contributed by atoms with Crippen molar-refractivity contribution >= 4 is 23.3 Å². The molecule has 0 bridgehead atoms. The maximum atomic E-state index is 11.5. The third-order valence-electron chi connectivity index (χ3n) is 2.20. The summed E-state index contributed by atoms with van der Waals surface area (Å²) in [6.07, 6.45) is 3.15. The van der Waals surface area contributed by atoms with Crippen molar-refractivity contribution in [3.63, 3.8) is 0 Å². The van der Waals surface area contributed by atoms with Gasteiger partial charge in [0, 0.05) is 24.5 Å². The molecule has 0 aliphatic heterocycles. The lowest BCUT2D eigenvalue weighted by Gasteiger charge is -2.05. The number of hydrogen-bond donors (Lipinski definition) is 0. The number of hydrogen-bond acceptors (Lipinski definition) is 5. The molecule has 0 aliphatic rings. The fourth-order valence-electron chi connectivity index (χ4n) is 1.39. The molecule has 1 heterocycles. The Balaban J connectivity index is 2.05. The lowest BCUT2D eigenvalue weighted by Crippen LogP contribution is -2.16. The number of ether oxygens (including phenoxy) is 1. The summed E-state index contributed by atoms with van der Waals surface area (Å²) in [6, 6.07) is 5.39. The molecule has 0 atom stereocenters. The Morgan fingerprint density at radius 1 is 1.53 bits per heavy atom. The van der Waals surface area contributed by atoms with Crippen LogP contribution in [0, 0.1) is 10.1 Å². The molecule has 0 fully saturated rings. The van der Waals surface area contributed by atoms with Gasteiger partial charge in [-0.2, -0.15) is 5.10 Å². The topological polar surface area (TPSA) is 87.3 Å². The number of nitro groups is 1. The number of aromatic nitrogens is 2. The highest BCUT2D eigenvalue weighted by Crippen LogP contribution is 2.28. The maximum Gasteiger partial charge on any atom is 0.333 e. The van der Waals surface area contributed by atoms with E-state index in [0.717, 1.165) is 0 Å². The predicted octanol–water partition coefficient (Wildman–Crippen LogP) is 2.05. The molecule has 0 aliphatic carbocycles. The van der Waals surface area contributed by atoms with Crippen LogP contribution in [-0.4, -0.2) is 20.7 Å². The molecule has 1 aromatic carbocycles. The predicted molar refractivity (Wildman–Crippen MR) is 66.0 cm³/mol. The molecule has 7 nitrogen and oxygen atoms in total. The molecule has 2 aromatic rings. The first-order chi connectivity index (χ1) is 9.06. The van der Waals surface area contributed by atoms with Crippen molar-refractivity contribution in [1.29, 1.82) is 0 Å². The summed E-state index contributed by atoms with van der Waals surface area (Å²) in [5.74, 6) is -0.402. The van der Waals surface area contributed by atoms with Crippen LogP contribution in [0.15, 0.2) is 36.7 Å². The van der Waals surface area contributed by atoms with Crippen molar-refractivity contribution in [2.24, 2.45) is 0 Å².